The van der Waals surface area contributed by atoms with Crippen molar-refractivity contribution in [2.75, 3.05) is 44.2 Å². The largest absolute Gasteiger partial charge is 0.367 e. The van der Waals surface area contributed by atoms with Gasteiger partial charge in [-0.25, -0.2) is 9.37 Å². The molecule has 6 nitrogen and oxygen atoms in total. The lowest BCUT2D eigenvalue weighted by molar-refractivity contribution is 0.0557. The number of aromatic nitrogens is 2. The maximum atomic E-state index is 14.0. The van der Waals surface area contributed by atoms with Crippen LogP contribution in [0.2, 0.25) is 0 Å². The van der Waals surface area contributed by atoms with Crippen molar-refractivity contribution in [3.8, 4) is 0 Å². The van der Waals surface area contributed by atoms with E-state index >= 15 is 0 Å². The van der Waals surface area contributed by atoms with E-state index in [0.717, 1.165) is 51.3 Å². The van der Waals surface area contributed by atoms with Crippen LogP contribution < -0.4 is 4.90 Å². The fraction of sp³-hybridized carbons (Fsp3) is 0.476. The molecule has 1 atom stereocenters. The third-order valence-corrected chi connectivity index (χ3v) is 5.71. The highest BCUT2D eigenvalue weighted by Gasteiger charge is 2.31. The van der Waals surface area contributed by atoms with Gasteiger partial charge in [0.1, 0.15) is 11.5 Å². The third-order valence-electron chi connectivity index (χ3n) is 5.71. The van der Waals surface area contributed by atoms with E-state index < -0.39 is 0 Å². The Kier molecular flexibility index (Phi) is 5.52. The lowest BCUT2D eigenvalue weighted by atomic mass is 10.0. The standard InChI is InChI=1S/C21H26FN5O/c1-16-13-24-19(14-23-16)21(28)27-8-4-5-17(15-27)25-9-11-26(12-10-25)20-7-3-2-6-18(20)22/h2-3,6-7,13-14,17H,4-5,8-12,15H2,1H3/t17-/m0/s1. The summed E-state index contributed by atoms with van der Waals surface area (Å²) in [7, 11) is 0. The maximum Gasteiger partial charge on any atom is 0.274 e. The highest BCUT2D eigenvalue weighted by molar-refractivity contribution is 5.92. The van der Waals surface area contributed by atoms with Crippen molar-refractivity contribution in [3.63, 3.8) is 0 Å². The maximum absolute atomic E-state index is 14.0. The minimum Gasteiger partial charge on any atom is -0.367 e. The minimum absolute atomic E-state index is 0.0396. The molecule has 3 heterocycles. The molecule has 0 spiro atoms. The Balaban J connectivity index is 1.36. The van der Waals surface area contributed by atoms with E-state index in [-0.39, 0.29) is 11.7 Å². The monoisotopic (exact) mass is 383 g/mol. The van der Waals surface area contributed by atoms with Crippen molar-refractivity contribution in [1.29, 1.82) is 0 Å². The summed E-state index contributed by atoms with van der Waals surface area (Å²) in [5.41, 5.74) is 1.90. The van der Waals surface area contributed by atoms with Gasteiger partial charge in [0.2, 0.25) is 0 Å². The van der Waals surface area contributed by atoms with Crippen LogP contribution in [0.1, 0.15) is 29.0 Å². The second-order valence-electron chi connectivity index (χ2n) is 7.56. The number of amides is 1. The molecule has 148 valence electrons. The highest BCUT2D eigenvalue weighted by atomic mass is 19.1. The summed E-state index contributed by atoms with van der Waals surface area (Å²) < 4.78 is 14.0. The average molecular weight is 383 g/mol. The Morgan fingerprint density at radius 3 is 2.57 bits per heavy atom. The molecule has 2 fully saturated rings. The lowest BCUT2D eigenvalue weighted by Crippen LogP contribution is -2.56. The van der Waals surface area contributed by atoms with Gasteiger partial charge in [-0.15, -0.1) is 0 Å². The Labute approximate surface area is 165 Å². The molecule has 0 N–H and O–H groups in total. The molecule has 1 aromatic heterocycles. The number of hydrogen-bond acceptors (Lipinski definition) is 5. The van der Waals surface area contributed by atoms with Crippen LogP contribution in [0, 0.1) is 12.7 Å². The number of hydrogen-bond donors (Lipinski definition) is 0. The van der Waals surface area contributed by atoms with Crippen LogP contribution in [-0.4, -0.2) is 71.0 Å². The number of likely N-dealkylation sites (tertiary alicyclic amines) is 1. The predicted octanol–water partition coefficient (Wildman–Crippen LogP) is 2.35. The van der Waals surface area contributed by atoms with Crippen molar-refractivity contribution in [3.05, 3.63) is 53.9 Å². The molecule has 2 saturated heterocycles. The van der Waals surface area contributed by atoms with Gasteiger partial charge >= 0.3 is 0 Å². The van der Waals surface area contributed by atoms with Crippen LogP contribution in [0.25, 0.3) is 0 Å². The number of rotatable bonds is 3. The second kappa shape index (κ2) is 8.22. The van der Waals surface area contributed by atoms with Crippen molar-refractivity contribution in [2.24, 2.45) is 0 Å². The van der Waals surface area contributed by atoms with E-state index in [0.29, 0.717) is 24.0 Å². The number of carbonyl (C=O) groups is 1. The molecule has 1 aromatic carbocycles. The van der Waals surface area contributed by atoms with Gasteiger partial charge in [0.15, 0.2) is 0 Å². The number of anilines is 1. The number of aryl methyl sites for hydroxylation is 1. The Morgan fingerprint density at radius 1 is 1.07 bits per heavy atom. The SMILES string of the molecule is Cc1cnc(C(=O)N2CCC[C@H](N3CCN(c4ccccc4F)CC3)C2)cn1. The average Bonchev–Trinajstić information content (AvgIpc) is 2.74. The van der Waals surface area contributed by atoms with E-state index in [9.17, 15) is 9.18 Å². The van der Waals surface area contributed by atoms with Gasteiger partial charge in [0.05, 0.1) is 17.6 Å². The summed E-state index contributed by atoms with van der Waals surface area (Å²) in [5, 5.41) is 0. The molecule has 2 aliphatic rings. The first kappa shape index (κ1) is 18.8. The predicted molar refractivity (Wildman–Crippen MR) is 106 cm³/mol. The highest BCUT2D eigenvalue weighted by Crippen LogP contribution is 2.23. The smallest absolute Gasteiger partial charge is 0.274 e. The van der Waals surface area contributed by atoms with Crippen LogP contribution in [0.15, 0.2) is 36.7 Å². The van der Waals surface area contributed by atoms with E-state index in [1.165, 1.54) is 6.07 Å². The van der Waals surface area contributed by atoms with Gasteiger partial charge in [-0.05, 0) is 31.9 Å². The van der Waals surface area contributed by atoms with Gasteiger partial charge in [-0.3, -0.25) is 14.7 Å². The molecule has 2 aromatic rings. The molecule has 0 bridgehead atoms. The van der Waals surface area contributed by atoms with Crippen molar-refractivity contribution >= 4 is 11.6 Å². The second-order valence-corrected chi connectivity index (χ2v) is 7.56. The molecule has 0 saturated carbocycles. The molecular weight excluding hydrogens is 357 g/mol. The zero-order valence-electron chi connectivity index (χ0n) is 16.2. The summed E-state index contributed by atoms with van der Waals surface area (Å²) in [6, 6.07) is 7.30. The normalized spacial score (nSPS) is 21.0. The molecule has 28 heavy (non-hydrogen) atoms. The zero-order chi connectivity index (χ0) is 19.5. The molecule has 4 rings (SSSR count). The quantitative estimate of drug-likeness (QED) is 0.814. The number of carbonyl (C=O) groups excluding carboxylic acids is 1. The molecular formula is C21H26FN5O. The van der Waals surface area contributed by atoms with Gasteiger partial charge in [0.25, 0.3) is 5.91 Å². The van der Waals surface area contributed by atoms with Gasteiger partial charge in [-0.2, -0.15) is 0 Å². The van der Waals surface area contributed by atoms with E-state index in [4.69, 9.17) is 0 Å². The molecule has 0 radical (unpaired) electrons. The first-order chi connectivity index (χ1) is 13.6. The number of nitrogens with zero attached hydrogens (tertiary/aromatic N) is 5. The summed E-state index contributed by atoms with van der Waals surface area (Å²) in [5.74, 6) is -0.202. The van der Waals surface area contributed by atoms with Crippen molar-refractivity contribution < 1.29 is 9.18 Å². The number of halogens is 1. The summed E-state index contributed by atoms with van der Waals surface area (Å²) in [6.45, 7) is 6.70. The summed E-state index contributed by atoms with van der Waals surface area (Å²) >= 11 is 0. The topological polar surface area (TPSA) is 52.6 Å². The Bertz CT molecular complexity index is 820. The van der Waals surface area contributed by atoms with Gasteiger partial charge in [-0.1, -0.05) is 12.1 Å². The van der Waals surface area contributed by atoms with Crippen LogP contribution in [0.4, 0.5) is 10.1 Å². The van der Waals surface area contributed by atoms with Crippen LogP contribution in [0.3, 0.4) is 0 Å². The molecule has 0 unspecified atom stereocenters. The van der Waals surface area contributed by atoms with Gasteiger partial charge < -0.3 is 9.80 Å². The number of benzene rings is 1. The first-order valence-corrected chi connectivity index (χ1v) is 9.93. The van der Waals surface area contributed by atoms with Crippen LogP contribution in [0.5, 0.6) is 0 Å². The third kappa shape index (κ3) is 3.99. The van der Waals surface area contributed by atoms with Crippen molar-refractivity contribution in [1.82, 2.24) is 19.8 Å². The van der Waals surface area contributed by atoms with Gasteiger partial charge in [0, 0.05) is 51.5 Å². The number of piperidine rings is 1. The minimum atomic E-state index is -0.162. The fourth-order valence-corrected chi connectivity index (χ4v) is 4.14. The Hall–Kier alpha value is -2.54. The fourth-order valence-electron chi connectivity index (χ4n) is 4.14. The van der Waals surface area contributed by atoms with E-state index in [2.05, 4.69) is 19.8 Å². The first-order valence-electron chi connectivity index (χ1n) is 9.93. The molecule has 0 aliphatic carbocycles. The molecule has 2 aliphatic heterocycles. The van der Waals surface area contributed by atoms with Crippen molar-refractivity contribution in [2.45, 2.75) is 25.8 Å². The van der Waals surface area contributed by atoms with Crippen LogP contribution >= 0.6 is 0 Å². The Morgan fingerprint density at radius 2 is 1.86 bits per heavy atom. The molecule has 7 heteroatoms. The summed E-state index contributed by atoms with van der Waals surface area (Å²) in [4.78, 5) is 27.6. The molecule has 1 amide bonds. The zero-order valence-corrected chi connectivity index (χ0v) is 16.2. The summed E-state index contributed by atoms with van der Waals surface area (Å²) in [6.07, 6.45) is 5.28. The number of piperazine rings is 1. The lowest BCUT2D eigenvalue weighted by Gasteiger charge is -2.43. The van der Waals surface area contributed by atoms with Crippen LogP contribution in [-0.2, 0) is 0 Å². The number of para-hydroxylation sites is 1. The van der Waals surface area contributed by atoms with E-state index in [1.807, 2.05) is 24.0 Å². The van der Waals surface area contributed by atoms with E-state index in [1.54, 1.807) is 18.5 Å².